The van der Waals surface area contributed by atoms with E-state index >= 15 is 0 Å². The van der Waals surface area contributed by atoms with Crippen LogP contribution in [0.1, 0.15) is 61.6 Å². The summed E-state index contributed by atoms with van der Waals surface area (Å²) in [5.74, 6) is 1.76. The van der Waals surface area contributed by atoms with E-state index in [2.05, 4.69) is 44.8 Å². The molecule has 108 valence electrons. The quantitative estimate of drug-likeness (QED) is 0.424. The van der Waals surface area contributed by atoms with Crippen molar-refractivity contribution in [2.45, 2.75) is 56.7 Å². The molecule has 0 aliphatic heterocycles. The lowest BCUT2D eigenvalue weighted by Crippen LogP contribution is -2.17. The fourth-order valence-electron chi connectivity index (χ4n) is 2.99. The molecule has 1 unspecified atom stereocenters. The summed E-state index contributed by atoms with van der Waals surface area (Å²) in [6, 6.07) is 2.18. The molecule has 0 bridgehead atoms. The van der Waals surface area contributed by atoms with Gasteiger partial charge in [0.25, 0.3) is 0 Å². The zero-order valence-electron chi connectivity index (χ0n) is 11.3. The van der Waals surface area contributed by atoms with Gasteiger partial charge in [0.15, 0.2) is 0 Å². The van der Waals surface area contributed by atoms with Gasteiger partial charge in [0, 0.05) is 9.35 Å². The molecule has 0 amide bonds. The number of alkyl halides is 1. The second kappa shape index (κ2) is 7.82. The summed E-state index contributed by atoms with van der Waals surface area (Å²) in [5.41, 5.74) is 0. The monoisotopic (exact) mass is 426 g/mol. The first-order valence-electron chi connectivity index (χ1n) is 7.20. The Labute approximate surface area is 142 Å². The highest BCUT2D eigenvalue weighted by atomic mass is 79.9. The lowest BCUT2D eigenvalue weighted by Gasteiger charge is -2.31. The van der Waals surface area contributed by atoms with Gasteiger partial charge in [-0.1, -0.05) is 66.6 Å². The van der Waals surface area contributed by atoms with E-state index in [1.807, 2.05) is 0 Å². The SMILES string of the molecule is CCCCC1CCC(C(Br)c2cc(Br)c(Cl)s2)CC1. The lowest BCUT2D eigenvalue weighted by atomic mass is 9.78. The minimum Gasteiger partial charge on any atom is -0.126 e. The summed E-state index contributed by atoms with van der Waals surface area (Å²) in [4.78, 5) is 1.85. The average Bonchev–Trinajstić information content (AvgIpc) is 2.76. The molecule has 1 heterocycles. The van der Waals surface area contributed by atoms with E-state index < -0.39 is 0 Å². The lowest BCUT2D eigenvalue weighted by molar-refractivity contribution is 0.258. The molecule has 0 spiro atoms. The largest absolute Gasteiger partial charge is 0.126 e. The van der Waals surface area contributed by atoms with Crippen LogP contribution in [0.15, 0.2) is 10.5 Å². The van der Waals surface area contributed by atoms with Gasteiger partial charge in [0.2, 0.25) is 0 Å². The van der Waals surface area contributed by atoms with Crippen molar-refractivity contribution >= 4 is 54.8 Å². The summed E-state index contributed by atoms with van der Waals surface area (Å²) in [6.07, 6.45) is 9.71. The highest BCUT2D eigenvalue weighted by Crippen LogP contribution is 2.46. The van der Waals surface area contributed by atoms with E-state index in [0.717, 1.165) is 20.6 Å². The Kier molecular flexibility index (Phi) is 6.71. The van der Waals surface area contributed by atoms with Gasteiger partial charge in [-0.25, -0.2) is 0 Å². The van der Waals surface area contributed by atoms with Gasteiger partial charge < -0.3 is 0 Å². The fraction of sp³-hybridized carbons (Fsp3) is 0.733. The average molecular weight is 429 g/mol. The molecule has 0 nitrogen and oxygen atoms in total. The molecule has 19 heavy (non-hydrogen) atoms. The van der Waals surface area contributed by atoms with Crippen LogP contribution in [-0.4, -0.2) is 0 Å². The summed E-state index contributed by atoms with van der Waals surface area (Å²) in [7, 11) is 0. The molecule has 4 heteroatoms. The highest BCUT2D eigenvalue weighted by molar-refractivity contribution is 9.10. The van der Waals surface area contributed by atoms with Crippen LogP contribution < -0.4 is 0 Å². The van der Waals surface area contributed by atoms with Crippen molar-refractivity contribution in [3.63, 3.8) is 0 Å². The third kappa shape index (κ3) is 4.46. The third-order valence-corrected chi connectivity index (χ3v) is 8.31. The first-order chi connectivity index (χ1) is 9.11. The van der Waals surface area contributed by atoms with Crippen molar-refractivity contribution in [1.82, 2.24) is 0 Å². The Balaban J connectivity index is 1.87. The topological polar surface area (TPSA) is 0 Å². The maximum Gasteiger partial charge on any atom is 0.107 e. The van der Waals surface area contributed by atoms with Gasteiger partial charge in [-0.05, 0) is 46.7 Å². The Hall–Kier alpha value is 0.950. The summed E-state index contributed by atoms with van der Waals surface area (Å²) >= 11 is 15.2. The van der Waals surface area contributed by atoms with E-state index in [9.17, 15) is 0 Å². The minimum absolute atomic E-state index is 0.480. The predicted octanol–water partition coefficient (Wildman–Crippen LogP) is 7.60. The number of unbranched alkanes of at least 4 members (excludes halogenated alkanes) is 1. The standard InChI is InChI=1S/C15H21Br2ClS/c1-2-3-4-10-5-7-11(8-6-10)14(17)13-9-12(16)15(18)19-13/h9-11,14H,2-8H2,1H3. The van der Waals surface area contributed by atoms with Crippen molar-refractivity contribution in [3.8, 4) is 0 Å². The molecule has 0 N–H and O–H groups in total. The van der Waals surface area contributed by atoms with Crippen LogP contribution in [-0.2, 0) is 0 Å². The van der Waals surface area contributed by atoms with Crippen LogP contribution in [0, 0.1) is 11.8 Å². The number of halogens is 3. The van der Waals surface area contributed by atoms with Crippen molar-refractivity contribution in [1.29, 1.82) is 0 Å². The number of hydrogen-bond donors (Lipinski definition) is 0. The second-order valence-electron chi connectivity index (χ2n) is 5.60. The molecule has 1 saturated carbocycles. The van der Waals surface area contributed by atoms with Crippen LogP contribution in [0.25, 0.3) is 0 Å². The first-order valence-corrected chi connectivity index (χ1v) is 10.1. The van der Waals surface area contributed by atoms with Crippen LogP contribution >= 0.6 is 54.8 Å². The fourth-order valence-corrected chi connectivity index (χ4v) is 5.74. The van der Waals surface area contributed by atoms with E-state index in [0.29, 0.717) is 4.83 Å². The molecule has 1 fully saturated rings. The molecule has 0 aromatic carbocycles. The van der Waals surface area contributed by atoms with Crippen LogP contribution in [0.3, 0.4) is 0 Å². The van der Waals surface area contributed by atoms with Gasteiger partial charge in [-0.3, -0.25) is 0 Å². The molecule has 0 radical (unpaired) electrons. The number of rotatable bonds is 5. The summed E-state index contributed by atoms with van der Waals surface area (Å²) in [6.45, 7) is 2.29. The molecule has 0 saturated heterocycles. The Morgan fingerprint density at radius 2 is 2.05 bits per heavy atom. The minimum atomic E-state index is 0.480. The van der Waals surface area contributed by atoms with Gasteiger partial charge in [-0.2, -0.15) is 0 Å². The Morgan fingerprint density at radius 3 is 2.58 bits per heavy atom. The number of thiophene rings is 1. The van der Waals surface area contributed by atoms with Gasteiger partial charge in [0.05, 0.1) is 4.83 Å². The maximum absolute atomic E-state index is 6.14. The van der Waals surface area contributed by atoms with Gasteiger partial charge in [0.1, 0.15) is 4.34 Å². The van der Waals surface area contributed by atoms with Gasteiger partial charge >= 0.3 is 0 Å². The van der Waals surface area contributed by atoms with Gasteiger partial charge in [-0.15, -0.1) is 11.3 Å². The molecule has 1 aliphatic carbocycles. The highest BCUT2D eigenvalue weighted by Gasteiger charge is 2.28. The van der Waals surface area contributed by atoms with E-state index in [4.69, 9.17) is 11.6 Å². The van der Waals surface area contributed by atoms with E-state index in [-0.39, 0.29) is 0 Å². The number of hydrogen-bond acceptors (Lipinski definition) is 1. The molecule has 1 aromatic rings. The zero-order chi connectivity index (χ0) is 13.8. The zero-order valence-corrected chi connectivity index (χ0v) is 16.0. The van der Waals surface area contributed by atoms with E-state index in [1.165, 1.54) is 49.8 Å². The molecule has 1 atom stereocenters. The van der Waals surface area contributed by atoms with Crippen molar-refractivity contribution in [3.05, 3.63) is 19.8 Å². The summed E-state index contributed by atoms with van der Waals surface area (Å²) < 4.78 is 1.91. The third-order valence-electron chi connectivity index (χ3n) is 4.21. The van der Waals surface area contributed by atoms with Crippen LogP contribution in [0.4, 0.5) is 0 Å². The normalized spacial score (nSPS) is 25.5. The van der Waals surface area contributed by atoms with Crippen molar-refractivity contribution in [2.24, 2.45) is 11.8 Å². The van der Waals surface area contributed by atoms with Crippen molar-refractivity contribution < 1.29 is 0 Å². The van der Waals surface area contributed by atoms with Crippen LogP contribution in [0.5, 0.6) is 0 Å². The molecular weight excluding hydrogens is 407 g/mol. The first kappa shape index (κ1) is 16.3. The second-order valence-corrected chi connectivity index (χ2v) is 9.12. The molecule has 1 aliphatic rings. The molecular formula is C15H21Br2ClS. The summed E-state index contributed by atoms with van der Waals surface area (Å²) in [5, 5.41) is 0. The van der Waals surface area contributed by atoms with E-state index in [1.54, 1.807) is 11.3 Å². The maximum atomic E-state index is 6.14. The Bertz CT molecular complexity index is 377. The van der Waals surface area contributed by atoms with Crippen LogP contribution in [0.2, 0.25) is 4.34 Å². The smallest absolute Gasteiger partial charge is 0.107 e. The molecule has 1 aromatic heterocycles. The Morgan fingerprint density at radius 1 is 1.37 bits per heavy atom. The molecule has 2 rings (SSSR count). The van der Waals surface area contributed by atoms with Crippen molar-refractivity contribution in [2.75, 3.05) is 0 Å². The predicted molar refractivity (Wildman–Crippen MR) is 93.7 cm³/mol.